The van der Waals surface area contributed by atoms with E-state index in [1.807, 2.05) is 0 Å². The molecule has 1 aromatic carbocycles. The average molecular weight is 298 g/mol. The van der Waals surface area contributed by atoms with Crippen LogP contribution in [0.15, 0.2) is 32.3 Å². The summed E-state index contributed by atoms with van der Waals surface area (Å²) < 4.78 is 38.5. The Balaban J connectivity index is 1.98. The fourth-order valence-electron chi connectivity index (χ4n) is 2.20. The van der Waals surface area contributed by atoms with Crippen molar-refractivity contribution in [2.75, 3.05) is 13.2 Å². The van der Waals surface area contributed by atoms with Crippen LogP contribution in [0, 0.1) is 0 Å². The lowest BCUT2D eigenvalue weighted by molar-refractivity contribution is 0.192. The monoisotopic (exact) mass is 298 g/mol. The third-order valence-corrected chi connectivity index (χ3v) is 4.84. The van der Waals surface area contributed by atoms with E-state index in [2.05, 4.69) is 4.72 Å². The minimum Gasteiger partial charge on any atom is -0.408 e. The molecule has 0 saturated carbocycles. The lowest BCUT2D eigenvalue weighted by Gasteiger charge is -2.11. The van der Waals surface area contributed by atoms with Gasteiger partial charge in [-0.1, -0.05) is 0 Å². The summed E-state index contributed by atoms with van der Waals surface area (Å²) in [6.07, 6.45) is 0.655. The molecule has 2 aromatic rings. The molecule has 1 aliphatic rings. The second-order valence-electron chi connectivity index (χ2n) is 4.74. The molecule has 3 rings (SSSR count). The van der Waals surface area contributed by atoms with Crippen LogP contribution in [0.3, 0.4) is 0 Å². The summed E-state index contributed by atoms with van der Waals surface area (Å²) in [5.74, 6) is -0.522. The minimum atomic E-state index is -3.64. The molecule has 0 radical (unpaired) electrons. The number of nitrogens with one attached hydrogen (secondary N) is 1. The molecule has 0 aliphatic carbocycles. The van der Waals surface area contributed by atoms with E-state index in [1.54, 1.807) is 13.1 Å². The molecule has 0 amide bonds. The van der Waals surface area contributed by atoms with Crippen molar-refractivity contribution in [2.45, 2.75) is 17.4 Å². The lowest BCUT2D eigenvalue weighted by Crippen LogP contribution is -2.34. The van der Waals surface area contributed by atoms with Crippen LogP contribution in [0.25, 0.3) is 11.1 Å². The molecule has 0 bridgehead atoms. The number of fused-ring (bicyclic) bond motifs is 1. The molecule has 7 nitrogen and oxygen atoms in total. The largest absolute Gasteiger partial charge is 0.419 e. The molecule has 1 N–H and O–H groups in total. The number of sulfonamides is 1. The minimum absolute atomic E-state index is 0.0752. The smallest absolute Gasteiger partial charge is 0.408 e. The normalized spacial score (nSPS) is 19.8. The van der Waals surface area contributed by atoms with Crippen molar-refractivity contribution in [3.63, 3.8) is 0 Å². The van der Waals surface area contributed by atoms with Gasteiger partial charge >= 0.3 is 5.76 Å². The zero-order chi connectivity index (χ0) is 14.3. The van der Waals surface area contributed by atoms with E-state index < -0.39 is 15.8 Å². The van der Waals surface area contributed by atoms with E-state index in [4.69, 9.17) is 9.15 Å². The molecular formula is C12H14N2O5S. The molecule has 1 atom stereocenters. The number of hydrogen-bond donors (Lipinski definition) is 1. The summed E-state index contributed by atoms with van der Waals surface area (Å²) in [6.45, 7) is 0.932. The highest BCUT2D eigenvalue weighted by Crippen LogP contribution is 2.19. The van der Waals surface area contributed by atoms with E-state index in [0.29, 0.717) is 25.2 Å². The lowest BCUT2D eigenvalue weighted by atomic mass is 10.3. The topological polar surface area (TPSA) is 90.5 Å². The second kappa shape index (κ2) is 4.72. The fourth-order valence-corrected chi connectivity index (χ4v) is 3.47. The van der Waals surface area contributed by atoms with E-state index in [9.17, 15) is 13.2 Å². The van der Waals surface area contributed by atoms with Crippen LogP contribution in [0.4, 0.5) is 0 Å². The van der Waals surface area contributed by atoms with Crippen molar-refractivity contribution in [3.05, 3.63) is 28.7 Å². The molecule has 1 unspecified atom stereocenters. The molecule has 8 heteroatoms. The predicted octanol–water partition coefficient (Wildman–Crippen LogP) is 0.199. The van der Waals surface area contributed by atoms with Gasteiger partial charge in [0.05, 0.1) is 17.0 Å². The number of oxazole rings is 1. The number of aryl methyl sites for hydroxylation is 1. The van der Waals surface area contributed by atoms with Crippen molar-refractivity contribution in [3.8, 4) is 0 Å². The molecule has 1 saturated heterocycles. The maximum atomic E-state index is 12.2. The summed E-state index contributed by atoms with van der Waals surface area (Å²) in [5, 5.41) is 0. The molecule has 1 aliphatic heterocycles. The highest BCUT2D eigenvalue weighted by molar-refractivity contribution is 7.89. The molecular weight excluding hydrogens is 284 g/mol. The van der Waals surface area contributed by atoms with E-state index in [0.717, 1.165) is 0 Å². The summed E-state index contributed by atoms with van der Waals surface area (Å²) in [6, 6.07) is 4.16. The molecule has 2 heterocycles. The molecule has 108 valence electrons. The Morgan fingerprint density at radius 2 is 2.20 bits per heavy atom. The third kappa shape index (κ3) is 2.26. The van der Waals surface area contributed by atoms with Crippen LogP contribution in [0.5, 0.6) is 0 Å². The number of aromatic nitrogens is 1. The Labute approximate surface area is 115 Å². The second-order valence-corrected chi connectivity index (χ2v) is 6.45. The van der Waals surface area contributed by atoms with Crippen LogP contribution in [-0.2, 0) is 21.8 Å². The highest BCUT2D eigenvalue weighted by Gasteiger charge is 2.24. The Morgan fingerprint density at radius 3 is 2.90 bits per heavy atom. The van der Waals surface area contributed by atoms with Gasteiger partial charge in [-0.25, -0.2) is 17.9 Å². The van der Waals surface area contributed by atoms with Crippen LogP contribution < -0.4 is 10.5 Å². The first-order chi connectivity index (χ1) is 9.47. The van der Waals surface area contributed by atoms with Gasteiger partial charge in [0.25, 0.3) is 0 Å². The number of nitrogens with zero attached hydrogens (tertiary/aromatic N) is 1. The van der Waals surface area contributed by atoms with Crippen LogP contribution >= 0.6 is 0 Å². The molecule has 0 spiro atoms. The van der Waals surface area contributed by atoms with Gasteiger partial charge in [-0.2, -0.15) is 0 Å². The third-order valence-electron chi connectivity index (χ3n) is 3.33. The summed E-state index contributed by atoms with van der Waals surface area (Å²) >= 11 is 0. The van der Waals surface area contributed by atoms with Gasteiger partial charge in [0.1, 0.15) is 0 Å². The standard InChI is InChI=1S/C12H14N2O5S/c1-14-10-3-2-9(6-11(10)19-12(14)15)20(16,17)13-8-4-5-18-7-8/h2-3,6,8,13H,4-5,7H2,1H3. The highest BCUT2D eigenvalue weighted by atomic mass is 32.2. The SMILES string of the molecule is Cn1c(=O)oc2cc(S(=O)(=O)NC3CCOC3)ccc21. The Hall–Kier alpha value is -1.64. The first-order valence-corrected chi connectivity index (χ1v) is 7.65. The van der Waals surface area contributed by atoms with E-state index in [-0.39, 0.29) is 16.5 Å². The quantitative estimate of drug-likeness (QED) is 0.874. The summed E-state index contributed by atoms with van der Waals surface area (Å²) in [4.78, 5) is 11.5. The number of ether oxygens (including phenoxy) is 1. The van der Waals surface area contributed by atoms with Crippen LogP contribution in [-0.4, -0.2) is 32.2 Å². The summed E-state index contributed by atoms with van der Waals surface area (Å²) in [7, 11) is -2.07. The molecule has 1 aromatic heterocycles. The van der Waals surface area contributed by atoms with E-state index in [1.165, 1.54) is 16.7 Å². The average Bonchev–Trinajstić information content (AvgIpc) is 2.98. The van der Waals surface area contributed by atoms with Crippen molar-refractivity contribution < 1.29 is 17.6 Å². The van der Waals surface area contributed by atoms with E-state index >= 15 is 0 Å². The molecule has 1 fully saturated rings. The first-order valence-electron chi connectivity index (χ1n) is 6.17. The van der Waals surface area contributed by atoms with Gasteiger partial charge in [0, 0.05) is 25.8 Å². The number of hydrogen-bond acceptors (Lipinski definition) is 5. The summed E-state index contributed by atoms with van der Waals surface area (Å²) in [5.41, 5.74) is 0.807. The van der Waals surface area contributed by atoms with Crippen molar-refractivity contribution in [1.29, 1.82) is 0 Å². The van der Waals surface area contributed by atoms with Crippen molar-refractivity contribution in [1.82, 2.24) is 9.29 Å². The number of benzene rings is 1. The Kier molecular flexibility index (Phi) is 3.15. The van der Waals surface area contributed by atoms with Crippen molar-refractivity contribution >= 4 is 21.1 Å². The maximum Gasteiger partial charge on any atom is 0.419 e. The molecule has 20 heavy (non-hydrogen) atoms. The van der Waals surface area contributed by atoms with Gasteiger partial charge in [-0.05, 0) is 18.6 Å². The Morgan fingerprint density at radius 1 is 1.40 bits per heavy atom. The van der Waals surface area contributed by atoms with Gasteiger partial charge in [0.15, 0.2) is 5.58 Å². The first kappa shape index (κ1) is 13.3. The van der Waals surface area contributed by atoms with Crippen LogP contribution in [0.2, 0.25) is 0 Å². The predicted molar refractivity (Wildman–Crippen MR) is 71.0 cm³/mol. The maximum absolute atomic E-state index is 12.2. The Bertz CT molecular complexity index is 799. The van der Waals surface area contributed by atoms with Gasteiger partial charge < -0.3 is 9.15 Å². The van der Waals surface area contributed by atoms with Crippen molar-refractivity contribution in [2.24, 2.45) is 7.05 Å². The zero-order valence-electron chi connectivity index (χ0n) is 10.8. The van der Waals surface area contributed by atoms with Gasteiger partial charge in [-0.3, -0.25) is 4.57 Å². The van der Waals surface area contributed by atoms with Gasteiger partial charge in [-0.15, -0.1) is 0 Å². The fraction of sp³-hybridized carbons (Fsp3) is 0.417. The zero-order valence-corrected chi connectivity index (χ0v) is 11.6. The van der Waals surface area contributed by atoms with Gasteiger partial charge in [0.2, 0.25) is 10.0 Å². The van der Waals surface area contributed by atoms with Crippen LogP contribution in [0.1, 0.15) is 6.42 Å². The number of rotatable bonds is 3.